The second-order valence-corrected chi connectivity index (χ2v) is 6.85. The summed E-state index contributed by atoms with van der Waals surface area (Å²) in [6.07, 6.45) is 0.618. The Kier molecular flexibility index (Phi) is 4.80. The SMILES string of the molecule is Cc1cc(C(=O)N2CCN(C3(C(N)=O)CCOC3)CC2)ccc1Cl. The maximum Gasteiger partial charge on any atom is 0.253 e. The van der Waals surface area contributed by atoms with Crippen LogP contribution in [0.3, 0.4) is 0 Å². The molecule has 0 saturated carbocycles. The summed E-state index contributed by atoms with van der Waals surface area (Å²) >= 11 is 6.02. The number of nitrogens with two attached hydrogens (primary N) is 1. The second kappa shape index (κ2) is 6.70. The molecule has 1 aromatic carbocycles. The highest BCUT2D eigenvalue weighted by Gasteiger charge is 2.47. The number of carbonyl (C=O) groups excluding carboxylic acids is 2. The Morgan fingerprint density at radius 2 is 1.96 bits per heavy atom. The maximum absolute atomic E-state index is 12.7. The van der Waals surface area contributed by atoms with Crippen LogP contribution in [-0.2, 0) is 9.53 Å². The van der Waals surface area contributed by atoms with E-state index in [1.807, 2.05) is 17.9 Å². The number of hydrogen-bond acceptors (Lipinski definition) is 4. The van der Waals surface area contributed by atoms with E-state index in [0.29, 0.717) is 56.4 Å². The summed E-state index contributed by atoms with van der Waals surface area (Å²) in [4.78, 5) is 28.5. The van der Waals surface area contributed by atoms with Crippen LogP contribution in [0, 0.1) is 6.92 Å². The number of amides is 2. The van der Waals surface area contributed by atoms with E-state index in [1.165, 1.54) is 0 Å². The Hall–Kier alpha value is -1.63. The lowest BCUT2D eigenvalue weighted by atomic mass is 9.94. The van der Waals surface area contributed by atoms with Crippen LogP contribution in [0.2, 0.25) is 5.02 Å². The fourth-order valence-corrected chi connectivity index (χ4v) is 3.57. The lowest BCUT2D eigenvalue weighted by Gasteiger charge is -2.43. The van der Waals surface area contributed by atoms with Crippen molar-refractivity contribution in [3.05, 3.63) is 34.3 Å². The molecule has 2 aliphatic rings. The van der Waals surface area contributed by atoms with Crippen LogP contribution >= 0.6 is 11.6 Å². The van der Waals surface area contributed by atoms with Crippen LogP contribution in [0.15, 0.2) is 18.2 Å². The number of benzene rings is 1. The van der Waals surface area contributed by atoms with Crippen molar-refractivity contribution in [2.24, 2.45) is 5.73 Å². The molecule has 0 aromatic heterocycles. The molecule has 2 aliphatic heterocycles. The third kappa shape index (κ3) is 3.01. The van der Waals surface area contributed by atoms with Crippen molar-refractivity contribution >= 4 is 23.4 Å². The van der Waals surface area contributed by atoms with Gasteiger partial charge in [-0.25, -0.2) is 0 Å². The number of rotatable bonds is 3. The molecule has 7 heteroatoms. The van der Waals surface area contributed by atoms with Gasteiger partial charge in [-0.05, 0) is 30.7 Å². The molecule has 2 heterocycles. The molecule has 0 bridgehead atoms. The summed E-state index contributed by atoms with van der Waals surface area (Å²) in [5.41, 5.74) is 6.43. The summed E-state index contributed by atoms with van der Waals surface area (Å²) in [6.45, 7) is 5.13. The van der Waals surface area contributed by atoms with Gasteiger partial charge in [-0.1, -0.05) is 11.6 Å². The minimum absolute atomic E-state index is 0.00906. The van der Waals surface area contributed by atoms with Crippen LogP contribution in [0.1, 0.15) is 22.3 Å². The lowest BCUT2D eigenvalue weighted by molar-refractivity contribution is -0.131. The standard InChI is InChI=1S/C17H22ClN3O3/c1-12-10-13(2-3-14(12)18)15(22)20-5-7-21(8-6-20)17(16(19)23)4-9-24-11-17/h2-3,10H,4-9,11H2,1H3,(H2,19,23). The summed E-state index contributed by atoms with van der Waals surface area (Å²) in [5, 5.41) is 0.654. The van der Waals surface area contributed by atoms with Crippen LogP contribution in [0.25, 0.3) is 0 Å². The largest absolute Gasteiger partial charge is 0.379 e. The quantitative estimate of drug-likeness (QED) is 0.883. The van der Waals surface area contributed by atoms with Crippen molar-refractivity contribution < 1.29 is 14.3 Å². The van der Waals surface area contributed by atoms with E-state index in [-0.39, 0.29) is 11.8 Å². The molecule has 2 amide bonds. The number of halogens is 1. The van der Waals surface area contributed by atoms with E-state index in [0.717, 1.165) is 5.56 Å². The van der Waals surface area contributed by atoms with Crippen molar-refractivity contribution in [1.29, 1.82) is 0 Å². The molecule has 3 rings (SSSR count). The third-order valence-electron chi connectivity index (χ3n) is 5.04. The van der Waals surface area contributed by atoms with Gasteiger partial charge in [0.05, 0.1) is 6.61 Å². The normalized spacial score (nSPS) is 25.0. The Balaban J connectivity index is 1.67. The zero-order chi connectivity index (χ0) is 17.3. The Labute approximate surface area is 146 Å². The first-order valence-electron chi connectivity index (χ1n) is 8.12. The lowest BCUT2D eigenvalue weighted by Crippen LogP contribution is -2.63. The van der Waals surface area contributed by atoms with Crippen LogP contribution in [0.5, 0.6) is 0 Å². The molecule has 24 heavy (non-hydrogen) atoms. The molecule has 0 spiro atoms. The molecular weight excluding hydrogens is 330 g/mol. The summed E-state index contributed by atoms with van der Waals surface area (Å²) in [7, 11) is 0. The van der Waals surface area contributed by atoms with Crippen molar-refractivity contribution in [1.82, 2.24) is 9.80 Å². The van der Waals surface area contributed by atoms with Crippen molar-refractivity contribution in [2.75, 3.05) is 39.4 Å². The molecule has 0 radical (unpaired) electrons. The number of carbonyl (C=O) groups is 2. The first-order chi connectivity index (χ1) is 11.4. The van der Waals surface area contributed by atoms with E-state index in [9.17, 15) is 9.59 Å². The maximum atomic E-state index is 12.7. The summed E-state index contributed by atoms with van der Waals surface area (Å²) < 4.78 is 5.41. The monoisotopic (exact) mass is 351 g/mol. The van der Waals surface area contributed by atoms with Gasteiger partial charge >= 0.3 is 0 Å². The summed E-state index contributed by atoms with van der Waals surface area (Å²) in [5.74, 6) is -0.349. The summed E-state index contributed by atoms with van der Waals surface area (Å²) in [6, 6.07) is 5.31. The molecule has 2 N–H and O–H groups in total. The van der Waals surface area contributed by atoms with E-state index >= 15 is 0 Å². The fourth-order valence-electron chi connectivity index (χ4n) is 3.45. The van der Waals surface area contributed by atoms with Gasteiger partial charge in [0.25, 0.3) is 5.91 Å². The second-order valence-electron chi connectivity index (χ2n) is 6.44. The Bertz CT molecular complexity index is 650. The molecule has 2 saturated heterocycles. The Morgan fingerprint density at radius 3 is 2.50 bits per heavy atom. The first kappa shape index (κ1) is 17.2. The van der Waals surface area contributed by atoms with Gasteiger partial charge in [-0.15, -0.1) is 0 Å². The molecule has 1 atom stereocenters. The predicted molar refractivity (Wildman–Crippen MR) is 91.0 cm³/mol. The van der Waals surface area contributed by atoms with Crippen molar-refractivity contribution in [3.8, 4) is 0 Å². The zero-order valence-electron chi connectivity index (χ0n) is 13.8. The van der Waals surface area contributed by atoms with Gasteiger partial charge in [-0.2, -0.15) is 0 Å². The van der Waals surface area contributed by atoms with Crippen LogP contribution in [0.4, 0.5) is 0 Å². The van der Waals surface area contributed by atoms with E-state index in [2.05, 4.69) is 4.90 Å². The zero-order valence-corrected chi connectivity index (χ0v) is 14.5. The van der Waals surface area contributed by atoms with Gasteiger partial charge < -0.3 is 15.4 Å². The Morgan fingerprint density at radius 1 is 1.25 bits per heavy atom. The number of nitrogens with zero attached hydrogens (tertiary/aromatic N) is 2. The smallest absolute Gasteiger partial charge is 0.253 e. The van der Waals surface area contributed by atoms with Crippen molar-refractivity contribution in [2.45, 2.75) is 18.9 Å². The highest BCUT2D eigenvalue weighted by atomic mass is 35.5. The van der Waals surface area contributed by atoms with Gasteiger partial charge in [0, 0.05) is 49.8 Å². The molecule has 6 nitrogen and oxygen atoms in total. The van der Waals surface area contributed by atoms with Gasteiger partial charge in [0.1, 0.15) is 5.54 Å². The average Bonchev–Trinajstić information content (AvgIpc) is 3.08. The minimum atomic E-state index is -0.716. The van der Waals surface area contributed by atoms with E-state index < -0.39 is 5.54 Å². The molecule has 1 unspecified atom stereocenters. The molecule has 130 valence electrons. The number of primary amides is 1. The van der Waals surface area contributed by atoms with E-state index in [4.69, 9.17) is 22.1 Å². The number of piperazine rings is 1. The van der Waals surface area contributed by atoms with Crippen LogP contribution < -0.4 is 5.73 Å². The molecule has 2 fully saturated rings. The number of hydrogen-bond donors (Lipinski definition) is 1. The van der Waals surface area contributed by atoms with Gasteiger partial charge in [0.15, 0.2) is 0 Å². The van der Waals surface area contributed by atoms with E-state index in [1.54, 1.807) is 12.1 Å². The topological polar surface area (TPSA) is 75.9 Å². The van der Waals surface area contributed by atoms with Gasteiger partial charge in [-0.3, -0.25) is 14.5 Å². The first-order valence-corrected chi connectivity index (χ1v) is 8.50. The van der Waals surface area contributed by atoms with Crippen molar-refractivity contribution in [3.63, 3.8) is 0 Å². The average molecular weight is 352 g/mol. The predicted octanol–water partition coefficient (Wildman–Crippen LogP) is 1.05. The fraction of sp³-hybridized carbons (Fsp3) is 0.529. The molecule has 0 aliphatic carbocycles. The third-order valence-corrected chi connectivity index (χ3v) is 5.46. The minimum Gasteiger partial charge on any atom is -0.379 e. The molecule has 1 aromatic rings. The highest BCUT2D eigenvalue weighted by Crippen LogP contribution is 2.27. The number of ether oxygens (including phenoxy) is 1. The van der Waals surface area contributed by atoms with Crippen LogP contribution in [-0.4, -0.2) is 66.5 Å². The molecular formula is C17H22ClN3O3. The van der Waals surface area contributed by atoms with Gasteiger partial charge in [0.2, 0.25) is 5.91 Å². The highest BCUT2D eigenvalue weighted by molar-refractivity contribution is 6.31. The number of aryl methyl sites for hydroxylation is 1.